The molecule has 196 valence electrons. The minimum atomic E-state index is -4.88. The molecule has 0 fully saturated rings. The fourth-order valence-corrected chi connectivity index (χ4v) is 4.26. The molecule has 4 rings (SSSR count). The summed E-state index contributed by atoms with van der Waals surface area (Å²) < 4.78 is 58.2. The minimum Gasteiger partial charge on any atom is -0.487 e. The monoisotopic (exact) mass is 643 g/mol. The number of amides is 1. The van der Waals surface area contributed by atoms with E-state index in [1.807, 2.05) is 6.07 Å². The Balaban J connectivity index is 0.00000380. The number of carbonyl (C=O) groups excluding carboxylic acids is 2. The molecule has 2 aromatic carbocycles. The van der Waals surface area contributed by atoms with Gasteiger partial charge in [-0.15, -0.1) is 5.92 Å². The zero-order chi connectivity index (χ0) is 26.4. The summed E-state index contributed by atoms with van der Waals surface area (Å²) in [5.41, 5.74) is -1.43. The number of fused-ring (bicyclic) bond motifs is 3. The average molecular weight is 644 g/mol. The largest absolute Gasteiger partial charge is 0.487 e. The first kappa shape index (κ1) is 29.2. The van der Waals surface area contributed by atoms with E-state index in [-0.39, 0.29) is 77.2 Å². The van der Waals surface area contributed by atoms with Crippen molar-refractivity contribution in [1.29, 1.82) is 0 Å². The molecule has 1 aliphatic heterocycles. The van der Waals surface area contributed by atoms with E-state index in [4.69, 9.17) is 14.2 Å². The molecule has 2 heterocycles. The van der Waals surface area contributed by atoms with E-state index in [2.05, 4.69) is 11.9 Å². The van der Waals surface area contributed by atoms with Crippen LogP contribution in [-0.2, 0) is 22.3 Å². The normalized spacial score (nSPS) is 15.2. The number of alkyl halides is 3. The number of aromatic nitrogens is 1. The standard InChI is InChI=1S/C26H26F3N2O5.Ce/c1-14-12-31(24(33)36-25(2,3)4)16-11-17(35-13-15-9-7-6-8-10-15)21-19(18(14)16)20(23(32)34-5)22(30-21)26(27,28)29;/h6-11,14,30H,1,12-13H2,2-5H3;/q-1;. The van der Waals surface area contributed by atoms with Gasteiger partial charge in [-0.25, -0.2) is 9.59 Å². The molecule has 1 amide bonds. The number of methoxy groups -OCH3 is 1. The minimum absolute atomic E-state index is 0. The number of nitrogens with zero attached hydrogens (tertiary/aromatic N) is 1. The van der Waals surface area contributed by atoms with Gasteiger partial charge in [0.2, 0.25) is 0 Å². The second kappa shape index (κ2) is 10.8. The van der Waals surface area contributed by atoms with Gasteiger partial charge in [0.05, 0.1) is 23.9 Å². The number of aromatic amines is 1. The van der Waals surface area contributed by atoms with E-state index in [0.29, 0.717) is 5.56 Å². The van der Waals surface area contributed by atoms with Crippen LogP contribution in [0.1, 0.15) is 53.9 Å². The number of rotatable bonds is 4. The summed E-state index contributed by atoms with van der Waals surface area (Å²) in [6.07, 6.45) is -5.57. The molecular formula is C26H26CeF3N2O5-. The van der Waals surface area contributed by atoms with Gasteiger partial charge in [0.1, 0.15) is 23.7 Å². The maximum Gasteiger partial charge on any atom is 0.432 e. The Morgan fingerprint density at radius 3 is 2.38 bits per heavy atom. The third-order valence-electron chi connectivity index (χ3n) is 5.69. The molecule has 3 aromatic rings. The molecule has 0 saturated heterocycles. The van der Waals surface area contributed by atoms with E-state index in [1.165, 1.54) is 11.0 Å². The van der Waals surface area contributed by atoms with Gasteiger partial charge in [-0.05, 0) is 31.9 Å². The molecule has 0 radical (unpaired) electrons. The van der Waals surface area contributed by atoms with Crippen molar-refractivity contribution in [3.8, 4) is 5.75 Å². The van der Waals surface area contributed by atoms with E-state index >= 15 is 0 Å². The van der Waals surface area contributed by atoms with Gasteiger partial charge in [-0.2, -0.15) is 13.2 Å². The van der Waals surface area contributed by atoms with Crippen molar-refractivity contribution >= 4 is 28.7 Å². The number of anilines is 1. The Morgan fingerprint density at radius 1 is 1.16 bits per heavy atom. The molecule has 0 saturated carbocycles. The molecule has 0 aliphatic carbocycles. The van der Waals surface area contributed by atoms with Crippen LogP contribution in [0.4, 0.5) is 23.7 Å². The smallest absolute Gasteiger partial charge is 0.432 e. The molecule has 0 spiro atoms. The van der Waals surface area contributed by atoms with Crippen LogP contribution in [0.5, 0.6) is 5.75 Å². The molecular weight excluding hydrogens is 617 g/mol. The summed E-state index contributed by atoms with van der Waals surface area (Å²) in [4.78, 5) is 29.3. The number of halogens is 3. The van der Waals surface area contributed by atoms with Crippen LogP contribution in [0.2, 0.25) is 0 Å². The van der Waals surface area contributed by atoms with Crippen molar-refractivity contribution < 1.29 is 78.7 Å². The number of nitrogens with one attached hydrogen (secondary N) is 1. The van der Waals surface area contributed by atoms with E-state index in [0.717, 1.165) is 12.7 Å². The van der Waals surface area contributed by atoms with E-state index in [1.54, 1.807) is 45.0 Å². The van der Waals surface area contributed by atoms with Crippen molar-refractivity contribution in [2.75, 3.05) is 18.6 Å². The molecule has 37 heavy (non-hydrogen) atoms. The Bertz CT molecular complexity index is 1320. The summed E-state index contributed by atoms with van der Waals surface area (Å²) >= 11 is 0. The first-order valence-corrected chi connectivity index (χ1v) is 11.2. The molecule has 7 nitrogen and oxygen atoms in total. The number of benzene rings is 2. The number of hydrogen-bond donors (Lipinski definition) is 1. The van der Waals surface area contributed by atoms with Gasteiger partial charge in [0, 0.05) is 59.7 Å². The number of esters is 1. The van der Waals surface area contributed by atoms with Crippen LogP contribution in [0.15, 0.2) is 36.4 Å². The zero-order valence-electron chi connectivity index (χ0n) is 20.8. The van der Waals surface area contributed by atoms with Gasteiger partial charge in [0.15, 0.2) is 0 Å². The predicted molar refractivity (Wildman–Crippen MR) is 127 cm³/mol. The number of hydrogen-bond acceptors (Lipinski definition) is 5. The Morgan fingerprint density at radius 2 is 1.81 bits per heavy atom. The van der Waals surface area contributed by atoms with Gasteiger partial charge < -0.3 is 26.1 Å². The third-order valence-corrected chi connectivity index (χ3v) is 5.69. The van der Waals surface area contributed by atoms with E-state index < -0.39 is 41.0 Å². The molecule has 11 heteroatoms. The van der Waals surface area contributed by atoms with Gasteiger partial charge in [-0.1, -0.05) is 30.3 Å². The third kappa shape index (κ3) is 5.90. The maximum absolute atomic E-state index is 14.0. The van der Waals surface area contributed by atoms with Crippen molar-refractivity contribution in [2.24, 2.45) is 0 Å². The second-order valence-electron chi connectivity index (χ2n) is 9.48. The number of H-pyrrole nitrogens is 1. The van der Waals surface area contributed by atoms with Crippen molar-refractivity contribution in [2.45, 2.75) is 45.1 Å². The van der Waals surface area contributed by atoms with Crippen molar-refractivity contribution in [3.05, 3.63) is 65.7 Å². The predicted octanol–water partition coefficient (Wildman–Crippen LogP) is 6.23. The maximum atomic E-state index is 14.0. The van der Waals surface area contributed by atoms with Crippen LogP contribution >= 0.6 is 0 Å². The van der Waals surface area contributed by atoms with E-state index in [9.17, 15) is 22.8 Å². The topological polar surface area (TPSA) is 80.9 Å². The first-order chi connectivity index (χ1) is 16.8. The first-order valence-electron chi connectivity index (χ1n) is 11.2. The van der Waals surface area contributed by atoms with Crippen LogP contribution in [0, 0.1) is 48.7 Å². The average Bonchev–Trinajstić information content (AvgIpc) is 3.35. The summed E-state index contributed by atoms with van der Waals surface area (Å²) in [6.45, 7) is 9.26. The van der Waals surface area contributed by atoms with Crippen LogP contribution in [0.25, 0.3) is 10.9 Å². The van der Waals surface area contributed by atoms with Gasteiger partial charge in [0.25, 0.3) is 0 Å². The van der Waals surface area contributed by atoms with Crippen LogP contribution in [-0.4, -0.2) is 36.3 Å². The Hall–Kier alpha value is -2.31. The Kier molecular flexibility index (Phi) is 8.55. The Labute approximate surface area is 246 Å². The molecule has 1 N–H and O–H groups in total. The quantitative estimate of drug-likeness (QED) is 0.270. The fourth-order valence-electron chi connectivity index (χ4n) is 4.26. The molecule has 0 bridgehead atoms. The summed E-state index contributed by atoms with van der Waals surface area (Å²) in [5.74, 6) is -1.77. The number of carbonyl (C=O) groups is 2. The van der Waals surface area contributed by atoms with Crippen LogP contribution < -0.4 is 9.64 Å². The summed E-state index contributed by atoms with van der Waals surface area (Å²) in [6, 6.07) is 10.5. The van der Waals surface area contributed by atoms with Crippen molar-refractivity contribution in [3.63, 3.8) is 0 Å². The molecule has 1 aliphatic rings. The summed E-state index contributed by atoms with van der Waals surface area (Å²) in [7, 11) is 1.01. The van der Waals surface area contributed by atoms with Gasteiger partial charge in [-0.3, -0.25) is 4.90 Å². The van der Waals surface area contributed by atoms with Crippen molar-refractivity contribution in [1.82, 2.24) is 4.98 Å². The molecule has 1 atom stereocenters. The second-order valence-corrected chi connectivity index (χ2v) is 9.48. The van der Waals surface area contributed by atoms with Gasteiger partial charge >= 0.3 is 18.2 Å². The zero-order valence-corrected chi connectivity index (χ0v) is 23.9. The summed E-state index contributed by atoms with van der Waals surface area (Å²) in [5, 5.41) is -0.0409. The number of ether oxygens (including phenoxy) is 3. The van der Waals surface area contributed by atoms with Crippen LogP contribution in [0.3, 0.4) is 0 Å². The molecule has 1 aromatic heterocycles. The molecule has 1 unspecified atom stereocenters. The SMILES string of the molecule is [CH2-]C1CN(C(=O)OC(C)(C)C)c2cc(OCc3ccccc3)c3[nH]c(C(F)(F)F)c(C(=O)OC)c3c21.[Ce]. The fraction of sp³-hybridized carbons (Fsp3) is 0.346.